The number of pyridine rings is 2. The van der Waals surface area contributed by atoms with E-state index in [1.165, 1.54) is 24.5 Å². The Morgan fingerprint density at radius 1 is 0.931 bits per heavy atom. The van der Waals surface area contributed by atoms with Gasteiger partial charge in [0.25, 0.3) is 5.91 Å². The molecule has 3 rings (SSSR count). The molecule has 0 bridgehead atoms. The molecule has 2 aromatic heterocycles. The summed E-state index contributed by atoms with van der Waals surface area (Å²) in [6, 6.07) is 15.1. The molecule has 0 fully saturated rings. The van der Waals surface area contributed by atoms with Gasteiger partial charge in [-0.2, -0.15) is 13.2 Å². The molecule has 0 aliphatic heterocycles. The zero-order chi connectivity index (χ0) is 20.7. The molecular formula is C20H16F3N3O3. The molecule has 1 aromatic carbocycles. The lowest BCUT2D eigenvalue weighted by Crippen LogP contribution is -2.23. The zero-order valence-electron chi connectivity index (χ0n) is 15.0. The maximum absolute atomic E-state index is 12.2. The lowest BCUT2D eigenvalue weighted by Gasteiger charge is -2.09. The average Bonchev–Trinajstić information content (AvgIpc) is 2.72. The summed E-state index contributed by atoms with van der Waals surface area (Å²) in [5.41, 5.74) is 0.943. The van der Waals surface area contributed by atoms with E-state index in [0.717, 1.165) is 0 Å². The summed E-state index contributed by atoms with van der Waals surface area (Å²) in [5, 5.41) is 2.68. The van der Waals surface area contributed by atoms with Crippen molar-refractivity contribution in [3.63, 3.8) is 0 Å². The first-order valence-electron chi connectivity index (χ1n) is 8.51. The van der Waals surface area contributed by atoms with Crippen molar-refractivity contribution in [3.05, 3.63) is 78.1 Å². The number of benzene rings is 1. The van der Waals surface area contributed by atoms with Gasteiger partial charge in [0.15, 0.2) is 6.61 Å². The standard InChI is InChI=1S/C20H16F3N3O3/c21-20(22,23)13-28-17-8-6-14(10-24-17)11-26-19(27)15-7-9-18(25-12-15)29-16-4-2-1-3-5-16/h1-10,12H,11,13H2,(H,26,27). The second kappa shape index (κ2) is 9.05. The predicted molar refractivity (Wildman–Crippen MR) is 97.7 cm³/mol. The van der Waals surface area contributed by atoms with Crippen LogP contribution >= 0.6 is 0 Å². The Hall–Kier alpha value is -3.62. The Morgan fingerprint density at radius 2 is 1.66 bits per heavy atom. The molecule has 0 aliphatic carbocycles. The van der Waals surface area contributed by atoms with E-state index in [-0.39, 0.29) is 18.3 Å². The third-order valence-electron chi connectivity index (χ3n) is 3.60. The highest BCUT2D eigenvalue weighted by atomic mass is 19.4. The van der Waals surface area contributed by atoms with Gasteiger partial charge in [0.1, 0.15) is 5.75 Å². The molecule has 0 unspecified atom stereocenters. The van der Waals surface area contributed by atoms with E-state index in [0.29, 0.717) is 22.8 Å². The Labute approximate surface area is 164 Å². The van der Waals surface area contributed by atoms with Crippen LogP contribution in [0.15, 0.2) is 67.0 Å². The summed E-state index contributed by atoms with van der Waals surface area (Å²) in [6.45, 7) is -1.26. The fourth-order valence-electron chi connectivity index (χ4n) is 2.23. The molecule has 0 saturated heterocycles. The van der Waals surface area contributed by atoms with Crippen LogP contribution in [-0.2, 0) is 6.54 Å². The Balaban J connectivity index is 1.50. The molecular weight excluding hydrogens is 387 g/mol. The van der Waals surface area contributed by atoms with Gasteiger partial charge in [-0.3, -0.25) is 4.79 Å². The number of hydrogen-bond donors (Lipinski definition) is 1. The maximum atomic E-state index is 12.2. The summed E-state index contributed by atoms with van der Waals surface area (Å²) in [4.78, 5) is 20.1. The van der Waals surface area contributed by atoms with Crippen LogP contribution in [0.1, 0.15) is 15.9 Å². The zero-order valence-corrected chi connectivity index (χ0v) is 15.0. The topological polar surface area (TPSA) is 73.3 Å². The highest BCUT2D eigenvalue weighted by Crippen LogP contribution is 2.19. The fraction of sp³-hybridized carbons (Fsp3) is 0.150. The molecule has 150 valence electrons. The molecule has 1 amide bonds. The molecule has 0 aliphatic rings. The van der Waals surface area contributed by atoms with Crippen LogP contribution < -0.4 is 14.8 Å². The lowest BCUT2D eigenvalue weighted by atomic mass is 10.2. The molecule has 1 N–H and O–H groups in total. The summed E-state index contributed by atoms with van der Waals surface area (Å²) in [5.74, 6) is 0.482. The van der Waals surface area contributed by atoms with Crippen LogP contribution in [0.4, 0.5) is 13.2 Å². The van der Waals surface area contributed by atoms with Crippen LogP contribution in [0.5, 0.6) is 17.5 Å². The number of amides is 1. The van der Waals surface area contributed by atoms with Gasteiger partial charge in [-0.05, 0) is 23.8 Å². The van der Waals surface area contributed by atoms with E-state index in [1.807, 2.05) is 18.2 Å². The summed E-state index contributed by atoms with van der Waals surface area (Å²) in [7, 11) is 0. The number of para-hydroxylation sites is 1. The number of carbonyl (C=O) groups excluding carboxylic acids is 1. The number of hydrogen-bond acceptors (Lipinski definition) is 5. The first-order chi connectivity index (χ1) is 13.9. The Morgan fingerprint density at radius 3 is 2.28 bits per heavy atom. The maximum Gasteiger partial charge on any atom is 0.422 e. The first kappa shape index (κ1) is 20.1. The highest BCUT2D eigenvalue weighted by Gasteiger charge is 2.28. The van der Waals surface area contributed by atoms with Crippen molar-refractivity contribution >= 4 is 5.91 Å². The number of nitrogens with zero attached hydrogens (tertiary/aromatic N) is 2. The van der Waals surface area contributed by atoms with Crippen molar-refractivity contribution in [1.29, 1.82) is 0 Å². The molecule has 6 nitrogen and oxygen atoms in total. The molecule has 0 spiro atoms. The van der Waals surface area contributed by atoms with Gasteiger partial charge in [-0.25, -0.2) is 9.97 Å². The minimum absolute atomic E-state index is 0.143. The van der Waals surface area contributed by atoms with E-state index in [2.05, 4.69) is 20.0 Å². The quantitative estimate of drug-likeness (QED) is 0.642. The number of carbonyl (C=O) groups is 1. The van der Waals surface area contributed by atoms with Crippen molar-refractivity contribution in [2.75, 3.05) is 6.61 Å². The molecule has 2 heterocycles. The number of ether oxygens (including phenoxy) is 2. The number of nitrogens with one attached hydrogen (secondary N) is 1. The van der Waals surface area contributed by atoms with Gasteiger partial charge in [-0.1, -0.05) is 24.3 Å². The van der Waals surface area contributed by atoms with Crippen LogP contribution in [0.25, 0.3) is 0 Å². The summed E-state index contributed by atoms with van der Waals surface area (Å²) >= 11 is 0. The monoisotopic (exact) mass is 403 g/mol. The van der Waals surface area contributed by atoms with Crippen molar-refractivity contribution in [2.24, 2.45) is 0 Å². The molecule has 29 heavy (non-hydrogen) atoms. The fourth-order valence-corrected chi connectivity index (χ4v) is 2.23. The smallest absolute Gasteiger partial charge is 0.422 e. The first-order valence-corrected chi connectivity index (χ1v) is 8.51. The van der Waals surface area contributed by atoms with Crippen LogP contribution in [0.3, 0.4) is 0 Å². The number of alkyl halides is 3. The minimum atomic E-state index is -4.43. The van der Waals surface area contributed by atoms with E-state index < -0.39 is 12.8 Å². The number of aromatic nitrogens is 2. The van der Waals surface area contributed by atoms with Crippen molar-refractivity contribution in [3.8, 4) is 17.5 Å². The van der Waals surface area contributed by atoms with E-state index in [1.54, 1.807) is 24.3 Å². The van der Waals surface area contributed by atoms with Gasteiger partial charge in [0, 0.05) is 31.1 Å². The van der Waals surface area contributed by atoms with Gasteiger partial charge >= 0.3 is 6.18 Å². The van der Waals surface area contributed by atoms with E-state index in [4.69, 9.17) is 4.74 Å². The van der Waals surface area contributed by atoms with Gasteiger partial charge in [0.05, 0.1) is 5.56 Å². The Bertz CT molecular complexity index is 931. The summed E-state index contributed by atoms with van der Waals surface area (Å²) < 4.78 is 46.4. The van der Waals surface area contributed by atoms with Crippen molar-refractivity contribution < 1.29 is 27.4 Å². The molecule has 9 heteroatoms. The second-order valence-electron chi connectivity index (χ2n) is 5.89. The largest absolute Gasteiger partial charge is 0.468 e. The lowest BCUT2D eigenvalue weighted by molar-refractivity contribution is -0.154. The Kier molecular flexibility index (Phi) is 6.28. The third kappa shape index (κ3) is 6.49. The normalized spacial score (nSPS) is 11.0. The van der Waals surface area contributed by atoms with Gasteiger partial charge in [0.2, 0.25) is 11.8 Å². The molecule has 0 radical (unpaired) electrons. The second-order valence-corrected chi connectivity index (χ2v) is 5.89. The molecule has 3 aromatic rings. The van der Waals surface area contributed by atoms with E-state index in [9.17, 15) is 18.0 Å². The minimum Gasteiger partial charge on any atom is -0.468 e. The van der Waals surface area contributed by atoms with Gasteiger partial charge < -0.3 is 14.8 Å². The summed E-state index contributed by atoms with van der Waals surface area (Å²) in [6.07, 6.45) is -1.70. The van der Waals surface area contributed by atoms with Crippen LogP contribution in [0, 0.1) is 0 Å². The van der Waals surface area contributed by atoms with E-state index >= 15 is 0 Å². The van der Waals surface area contributed by atoms with Crippen LogP contribution in [-0.4, -0.2) is 28.7 Å². The molecule has 0 saturated carbocycles. The molecule has 0 atom stereocenters. The highest BCUT2D eigenvalue weighted by molar-refractivity contribution is 5.93. The predicted octanol–water partition coefficient (Wildman–Crippen LogP) is 4.14. The SMILES string of the molecule is O=C(NCc1ccc(OCC(F)(F)F)nc1)c1ccc(Oc2ccccc2)nc1. The third-order valence-corrected chi connectivity index (χ3v) is 3.60. The number of rotatable bonds is 7. The van der Waals surface area contributed by atoms with Crippen molar-refractivity contribution in [2.45, 2.75) is 12.7 Å². The van der Waals surface area contributed by atoms with Crippen molar-refractivity contribution in [1.82, 2.24) is 15.3 Å². The number of halogens is 3. The van der Waals surface area contributed by atoms with Gasteiger partial charge in [-0.15, -0.1) is 0 Å². The van der Waals surface area contributed by atoms with Crippen LogP contribution in [0.2, 0.25) is 0 Å². The average molecular weight is 403 g/mol.